The summed E-state index contributed by atoms with van der Waals surface area (Å²) in [5.74, 6) is 0. The molecule has 0 heterocycles. The molecule has 31 heavy (non-hydrogen) atoms. The average Bonchev–Trinajstić information content (AvgIpc) is 2.78. The molecule has 0 atom stereocenters. The van der Waals surface area contributed by atoms with Crippen LogP contribution in [-0.2, 0) is 0 Å². The molecule has 1 radical (unpaired) electrons. The molecule has 0 fully saturated rings. The molecule has 4 aromatic rings. The number of rotatable bonds is 5. The van der Waals surface area contributed by atoms with Crippen molar-refractivity contribution in [2.45, 2.75) is 27.7 Å². The molecule has 0 nitrogen and oxygen atoms in total. The van der Waals surface area contributed by atoms with Crippen LogP contribution in [0.4, 0.5) is 0 Å². The molecule has 1 heteroatoms. The minimum absolute atomic E-state index is 1.15. The van der Waals surface area contributed by atoms with Crippen molar-refractivity contribution < 1.29 is 0 Å². The summed E-state index contributed by atoms with van der Waals surface area (Å²) in [5, 5.41) is 0. The zero-order valence-electron chi connectivity index (χ0n) is 18.9. The molecule has 4 rings (SSSR count). The minimum atomic E-state index is 1.15. The predicted molar refractivity (Wildman–Crippen MR) is 138 cm³/mol. The molecule has 0 aliphatic carbocycles. The van der Waals surface area contributed by atoms with E-state index >= 15 is 0 Å². The number of benzene rings is 4. The van der Waals surface area contributed by atoms with E-state index < -0.39 is 0 Å². The van der Waals surface area contributed by atoms with Gasteiger partial charge in [-0.05, 0) is 55.5 Å². The Hall–Kier alpha value is -3.32. The topological polar surface area (TPSA) is 0 Å². The molecule has 0 amide bonds. The van der Waals surface area contributed by atoms with Gasteiger partial charge in [-0.1, -0.05) is 125 Å². The van der Waals surface area contributed by atoms with Gasteiger partial charge in [-0.15, -0.1) is 0 Å². The summed E-state index contributed by atoms with van der Waals surface area (Å²) >= 11 is 0. The van der Waals surface area contributed by atoms with Crippen molar-refractivity contribution in [2.75, 3.05) is 0 Å². The number of aryl methyl sites for hydroxylation is 4. The van der Waals surface area contributed by atoms with Gasteiger partial charge in [-0.3, -0.25) is 0 Å². The van der Waals surface area contributed by atoms with Gasteiger partial charge >= 0.3 is 0 Å². The second-order valence-corrected chi connectivity index (χ2v) is 8.38. The van der Waals surface area contributed by atoms with E-state index in [1.54, 1.807) is 0 Å². The summed E-state index contributed by atoms with van der Waals surface area (Å²) in [5.41, 5.74) is 14.0. The normalized spacial score (nSPS) is 10.7. The summed E-state index contributed by atoms with van der Waals surface area (Å²) in [7, 11) is 2.36. The van der Waals surface area contributed by atoms with Crippen LogP contribution in [-0.4, -0.2) is 7.28 Å². The van der Waals surface area contributed by atoms with E-state index in [1.165, 1.54) is 55.4 Å². The van der Waals surface area contributed by atoms with Crippen molar-refractivity contribution in [2.24, 2.45) is 0 Å². The zero-order chi connectivity index (χ0) is 22.0. The average molecular weight is 399 g/mol. The molecule has 0 bridgehead atoms. The fourth-order valence-corrected chi connectivity index (χ4v) is 4.32. The highest BCUT2D eigenvalue weighted by Gasteiger charge is 2.13. The standard InChI is InChI=1S/C30H28B/c1-6-24-12-14-26(15-13-24)28-18-22(4)30(23(5)19-28)31-29-20(2)16-27(17-21(29)3)25-10-8-7-9-11-25/h6-19H,1H2,2-5H3. The molecule has 0 N–H and O–H groups in total. The first-order chi connectivity index (χ1) is 15.0. The second-order valence-electron chi connectivity index (χ2n) is 8.38. The summed E-state index contributed by atoms with van der Waals surface area (Å²) in [6.07, 6.45) is 1.88. The van der Waals surface area contributed by atoms with E-state index in [9.17, 15) is 0 Å². The highest BCUT2D eigenvalue weighted by atomic mass is 14.1. The minimum Gasteiger partial charge on any atom is -0.0985 e. The predicted octanol–water partition coefficient (Wildman–Crippen LogP) is 6.55. The maximum atomic E-state index is 3.85. The van der Waals surface area contributed by atoms with E-state index in [0.29, 0.717) is 0 Å². The first kappa shape index (κ1) is 20.9. The van der Waals surface area contributed by atoms with Gasteiger partial charge in [0, 0.05) is 0 Å². The van der Waals surface area contributed by atoms with Gasteiger partial charge in [-0.25, -0.2) is 0 Å². The molecule has 0 saturated carbocycles. The Kier molecular flexibility index (Phi) is 5.95. The first-order valence-corrected chi connectivity index (χ1v) is 10.8. The molecule has 4 aromatic carbocycles. The van der Waals surface area contributed by atoms with Crippen LogP contribution in [0.1, 0.15) is 27.8 Å². The van der Waals surface area contributed by atoms with Gasteiger partial charge in [-0.2, -0.15) is 0 Å². The van der Waals surface area contributed by atoms with E-state index in [4.69, 9.17) is 0 Å². The molecule has 0 aromatic heterocycles. The Morgan fingerprint density at radius 3 is 1.39 bits per heavy atom. The fraction of sp³-hybridized carbons (Fsp3) is 0.133. The summed E-state index contributed by atoms with van der Waals surface area (Å²) in [6.45, 7) is 12.7. The molecule has 0 aliphatic rings. The van der Waals surface area contributed by atoms with Crippen LogP contribution in [0, 0.1) is 27.7 Å². The summed E-state index contributed by atoms with van der Waals surface area (Å²) < 4.78 is 0. The third-order valence-corrected chi connectivity index (χ3v) is 6.06. The Morgan fingerprint density at radius 1 is 0.548 bits per heavy atom. The van der Waals surface area contributed by atoms with Crippen LogP contribution in [0.15, 0.2) is 85.4 Å². The van der Waals surface area contributed by atoms with Crippen LogP contribution in [0.5, 0.6) is 0 Å². The lowest BCUT2D eigenvalue weighted by atomic mass is 9.58. The quantitative estimate of drug-likeness (QED) is 0.334. The highest BCUT2D eigenvalue weighted by Crippen LogP contribution is 2.23. The fourth-order valence-electron chi connectivity index (χ4n) is 4.32. The van der Waals surface area contributed by atoms with Gasteiger partial charge in [0.1, 0.15) is 0 Å². The third kappa shape index (κ3) is 4.42. The lowest BCUT2D eigenvalue weighted by Crippen LogP contribution is -2.34. The van der Waals surface area contributed by atoms with Crippen molar-refractivity contribution in [3.63, 3.8) is 0 Å². The maximum absolute atomic E-state index is 3.85. The van der Waals surface area contributed by atoms with Gasteiger partial charge in [0.05, 0.1) is 0 Å². The third-order valence-electron chi connectivity index (χ3n) is 6.06. The summed E-state index contributed by atoms with van der Waals surface area (Å²) in [6, 6.07) is 28.4. The lowest BCUT2D eigenvalue weighted by molar-refractivity contribution is 1.41. The van der Waals surface area contributed by atoms with Crippen LogP contribution >= 0.6 is 0 Å². The van der Waals surface area contributed by atoms with Crippen LogP contribution in [0.2, 0.25) is 0 Å². The molecule has 151 valence electrons. The van der Waals surface area contributed by atoms with Crippen molar-refractivity contribution >= 4 is 24.3 Å². The molecule has 0 saturated heterocycles. The molecule has 0 unspecified atom stereocenters. The Bertz CT molecular complexity index is 1190. The van der Waals surface area contributed by atoms with Crippen molar-refractivity contribution in [1.82, 2.24) is 0 Å². The van der Waals surface area contributed by atoms with Gasteiger partial charge < -0.3 is 0 Å². The largest absolute Gasteiger partial charge is 0.192 e. The van der Waals surface area contributed by atoms with Crippen molar-refractivity contribution in [3.05, 3.63) is 113 Å². The molecule has 0 aliphatic heterocycles. The van der Waals surface area contributed by atoms with Gasteiger partial charge in [0.25, 0.3) is 0 Å². The second kappa shape index (κ2) is 8.82. The van der Waals surface area contributed by atoms with Crippen LogP contribution in [0.25, 0.3) is 28.3 Å². The molecular weight excluding hydrogens is 371 g/mol. The first-order valence-electron chi connectivity index (χ1n) is 10.8. The SMILES string of the molecule is C=Cc1ccc(-c2cc(C)c([B]c3c(C)cc(-c4ccccc4)cc3C)c(C)c2)cc1. The van der Waals surface area contributed by atoms with Gasteiger partial charge in [0.2, 0.25) is 0 Å². The molecule has 0 spiro atoms. The monoisotopic (exact) mass is 399 g/mol. The Labute approximate surface area is 187 Å². The Balaban J connectivity index is 1.67. The van der Waals surface area contributed by atoms with E-state index in [-0.39, 0.29) is 0 Å². The van der Waals surface area contributed by atoms with Crippen LogP contribution in [0.3, 0.4) is 0 Å². The summed E-state index contributed by atoms with van der Waals surface area (Å²) in [4.78, 5) is 0. The molecular formula is C30H28B. The van der Waals surface area contributed by atoms with Crippen molar-refractivity contribution in [3.8, 4) is 22.3 Å². The van der Waals surface area contributed by atoms with Crippen molar-refractivity contribution in [1.29, 1.82) is 0 Å². The maximum Gasteiger partial charge on any atom is 0.192 e. The van der Waals surface area contributed by atoms with E-state index in [0.717, 1.165) is 5.56 Å². The van der Waals surface area contributed by atoms with E-state index in [2.05, 4.69) is 120 Å². The highest BCUT2D eigenvalue weighted by molar-refractivity contribution is 6.69. The number of hydrogen-bond donors (Lipinski definition) is 0. The van der Waals surface area contributed by atoms with E-state index in [1.807, 2.05) is 6.08 Å². The Morgan fingerprint density at radius 2 is 0.968 bits per heavy atom. The number of hydrogen-bond acceptors (Lipinski definition) is 0. The van der Waals surface area contributed by atoms with Crippen LogP contribution < -0.4 is 10.9 Å². The zero-order valence-corrected chi connectivity index (χ0v) is 18.9. The van der Waals surface area contributed by atoms with Gasteiger partial charge in [0.15, 0.2) is 7.28 Å². The lowest BCUT2D eigenvalue weighted by Gasteiger charge is -2.17. The smallest absolute Gasteiger partial charge is 0.0985 e.